The molecule has 722 valence electrons. The zero-order valence-corrected chi connectivity index (χ0v) is 91.9. The minimum atomic E-state index is 0. The van der Waals surface area contributed by atoms with Gasteiger partial charge in [-0.05, 0) is 51.4 Å². The molecule has 0 amide bonds. The summed E-state index contributed by atoms with van der Waals surface area (Å²) in [4.78, 5) is 9.14. The van der Waals surface area contributed by atoms with Crippen LogP contribution < -0.4 is 0 Å². The number of hydrogen-bond acceptors (Lipinski definition) is 8. The third-order valence-electron chi connectivity index (χ3n) is 25.3. The van der Waals surface area contributed by atoms with Gasteiger partial charge in [-0.1, -0.05) is 586 Å². The predicted molar refractivity (Wildman–Crippen MR) is 578 cm³/mol. The van der Waals surface area contributed by atoms with Crippen LogP contribution in [0.4, 0.5) is 0 Å². The van der Waals surface area contributed by atoms with Gasteiger partial charge in [0.05, 0.1) is 0 Å². The van der Waals surface area contributed by atoms with Gasteiger partial charge in [-0.25, -0.2) is 0 Å². The molecule has 0 unspecified atom stereocenters. The number of rotatable bonds is 96. The van der Waals surface area contributed by atoms with Crippen LogP contribution in [0.15, 0.2) is 0 Å². The van der Waals surface area contributed by atoms with Crippen LogP contribution >= 0.6 is 48.9 Å². The molecule has 0 atom stereocenters. The fourth-order valence-electron chi connectivity index (χ4n) is 16.9. The monoisotopic (exact) mass is 1920 g/mol. The molecule has 0 bridgehead atoms. The molecule has 0 saturated carbocycles. The first-order valence-corrected chi connectivity index (χ1v) is 58.0. The van der Waals surface area contributed by atoms with E-state index in [0.717, 1.165) is 52.4 Å². The smallest absolute Gasteiger partial charge is 0.411 e. The van der Waals surface area contributed by atoms with E-state index >= 15 is 0 Å². The summed E-state index contributed by atoms with van der Waals surface area (Å²) in [7, 11) is 0. The van der Waals surface area contributed by atoms with E-state index in [1.165, 1.54) is 565 Å². The molecular formula is C108H216MoN4S8. The van der Waals surface area contributed by atoms with Gasteiger partial charge in [0.15, 0.2) is 0 Å². The van der Waals surface area contributed by atoms with E-state index in [9.17, 15) is 0 Å². The fraction of sp³-hybridized carbons (Fsp3) is 0.963. The normalized spacial score (nSPS) is 11.0. The topological polar surface area (TPSA) is 13.0 Å². The number of nitrogens with zero attached hydrogens (tertiary/aromatic N) is 4. The van der Waals surface area contributed by atoms with Crippen molar-refractivity contribution in [3.05, 3.63) is 0 Å². The number of unbranched alkanes of at least 4 members (excludes halogenated alkanes) is 80. The molecule has 0 aromatic rings. The van der Waals surface area contributed by atoms with Gasteiger partial charge in [0, 0.05) is 52.4 Å². The van der Waals surface area contributed by atoms with Crippen molar-refractivity contribution in [3.63, 3.8) is 0 Å². The van der Waals surface area contributed by atoms with E-state index in [2.05, 4.69) is 75.0 Å². The molecule has 0 spiro atoms. The molecule has 0 aliphatic carbocycles. The second-order valence-corrected chi connectivity index (χ2v) is 41.4. The molecule has 0 heterocycles. The molecule has 0 fully saturated rings. The maximum absolute atomic E-state index is 5.32. The van der Waals surface area contributed by atoms with Gasteiger partial charge in [-0.15, -0.1) is 0 Å². The van der Waals surface area contributed by atoms with Gasteiger partial charge >= 0.3 is 21.1 Å². The van der Waals surface area contributed by atoms with Crippen LogP contribution in [0.25, 0.3) is 0 Å². The predicted octanol–water partition coefficient (Wildman–Crippen LogP) is 39.0. The zero-order chi connectivity index (χ0) is 88.5. The summed E-state index contributed by atoms with van der Waals surface area (Å²) in [5, 5.41) is 0. The Morgan fingerprint density at radius 2 is 0.182 bits per heavy atom. The third kappa shape index (κ3) is 117. The zero-order valence-electron chi connectivity index (χ0n) is 83.3. The van der Waals surface area contributed by atoms with E-state index in [0.29, 0.717) is 17.3 Å². The van der Waals surface area contributed by atoms with Gasteiger partial charge < -0.3 is 119 Å². The van der Waals surface area contributed by atoms with Gasteiger partial charge in [0.25, 0.3) is 0 Å². The Balaban J connectivity index is -0.000000493. The fourth-order valence-corrected chi connectivity index (χ4v) is 18.4. The van der Waals surface area contributed by atoms with E-state index in [1.807, 2.05) is 0 Å². The molecule has 0 N–H and O–H groups in total. The quantitative estimate of drug-likeness (QED) is 0.0249. The molecular weight excluding hydrogens is 1710 g/mol. The summed E-state index contributed by atoms with van der Waals surface area (Å²) in [6, 6.07) is 0. The summed E-state index contributed by atoms with van der Waals surface area (Å²) in [6.45, 7) is 27.0. The van der Waals surface area contributed by atoms with Crippen LogP contribution in [0.5, 0.6) is 0 Å². The summed E-state index contributed by atoms with van der Waals surface area (Å²) < 4.78 is 2.76. The Labute approximate surface area is 822 Å². The van der Waals surface area contributed by atoms with Crippen LogP contribution in [0, 0.1) is 0 Å². The second-order valence-electron chi connectivity index (χ2n) is 37.3. The molecule has 4 nitrogen and oxygen atoms in total. The maximum Gasteiger partial charge on any atom is 4.00 e. The molecule has 121 heavy (non-hydrogen) atoms. The summed E-state index contributed by atoms with van der Waals surface area (Å²) in [5.41, 5.74) is 0. The average molecular weight is 1920 g/mol. The second kappa shape index (κ2) is 119. The van der Waals surface area contributed by atoms with Crippen molar-refractivity contribution >= 4 is 117 Å². The Morgan fingerprint density at radius 3 is 0.240 bits per heavy atom. The van der Waals surface area contributed by atoms with E-state index in [1.54, 1.807) is 0 Å². The van der Waals surface area contributed by atoms with Crippen molar-refractivity contribution in [1.82, 2.24) is 19.6 Å². The van der Waals surface area contributed by atoms with Crippen molar-refractivity contribution in [2.75, 3.05) is 52.4 Å². The molecule has 0 aromatic heterocycles. The van der Waals surface area contributed by atoms with Crippen molar-refractivity contribution in [2.45, 2.75) is 620 Å². The van der Waals surface area contributed by atoms with Gasteiger partial charge in [0.2, 0.25) is 0 Å². The maximum atomic E-state index is 5.32. The first-order chi connectivity index (χ1) is 58.9. The third-order valence-corrected chi connectivity index (χ3v) is 27.4. The minimum Gasteiger partial charge on any atom is -0.411 e. The first kappa shape index (κ1) is 131. The summed E-state index contributed by atoms with van der Waals surface area (Å²) >= 11 is 42.5. The molecule has 0 radical (unpaired) electrons. The van der Waals surface area contributed by atoms with E-state index in [-0.39, 0.29) is 21.1 Å². The minimum absolute atomic E-state index is 0. The van der Waals surface area contributed by atoms with Gasteiger partial charge in [-0.3, -0.25) is 0 Å². The number of hydrogen-bond donors (Lipinski definition) is 0. The van der Waals surface area contributed by atoms with Crippen LogP contribution in [-0.4, -0.2) is 89.2 Å². The van der Waals surface area contributed by atoms with Crippen molar-refractivity contribution in [3.8, 4) is 0 Å². The number of thiocarbonyl (C=S) groups is 4. The Kier molecular flexibility index (Phi) is 129. The first-order valence-electron chi connectivity index (χ1n) is 54.7. The largest absolute Gasteiger partial charge is 4.00 e. The van der Waals surface area contributed by atoms with Crippen LogP contribution in [-0.2, 0) is 71.6 Å². The Morgan fingerprint density at radius 1 is 0.124 bits per heavy atom. The Hall–Kier alpha value is 1.13. The SMILES string of the molecule is CCCCCCCCCCCCCN(CCCCCCCCCCCCC)C(=S)[S-].CCCCCCCCCCCCCN(CCCCCCCCCCCCC)C(=S)[S-].CCCCCCCCCCCCCN(CCCCCCCCCCCCC)C(=S)[S-].CCCCCCCCCCCCCN(CCCCCCCCCCCCC)C(=S)[S-].[Mo+4]. The van der Waals surface area contributed by atoms with Crippen LogP contribution in [0.3, 0.4) is 0 Å². The molecule has 0 aliphatic rings. The molecule has 0 aromatic carbocycles. The summed E-state index contributed by atoms with van der Waals surface area (Å²) in [6.07, 6.45) is 123. The Bertz CT molecular complexity index is 1550. The average Bonchev–Trinajstić information content (AvgIpc) is 0.984. The summed E-state index contributed by atoms with van der Waals surface area (Å²) in [5.74, 6) is 0. The standard InChI is InChI=1S/4C27H55NS2.Mo/c4*1-3-5-7-9-11-13-15-17-19-21-23-25-28(27(29)30)26-24-22-20-18-16-14-12-10-8-6-4-2;/h4*3-26H2,1-2H3,(H,29,30);/q;;;;+4/p-4. The van der Waals surface area contributed by atoms with E-state index in [4.69, 9.17) is 99.4 Å². The van der Waals surface area contributed by atoms with Crippen molar-refractivity contribution in [2.24, 2.45) is 0 Å². The molecule has 0 rings (SSSR count). The van der Waals surface area contributed by atoms with Gasteiger partial charge in [-0.2, -0.15) is 0 Å². The molecule has 0 saturated heterocycles. The van der Waals surface area contributed by atoms with Crippen molar-refractivity contribution < 1.29 is 21.1 Å². The van der Waals surface area contributed by atoms with Crippen LogP contribution in [0.2, 0.25) is 0 Å². The van der Waals surface area contributed by atoms with Gasteiger partial charge in [0.1, 0.15) is 0 Å². The van der Waals surface area contributed by atoms with Crippen LogP contribution in [0.1, 0.15) is 620 Å². The van der Waals surface area contributed by atoms with Crippen molar-refractivity contribution in [1.29, 1.82) is 0 Å². The van der Waals surface area contributed by atoms with E-state index < -0.39 is 0 Å². The molecule has 0 aliphatic heterocycles. The molecule has 13 heteroatoms.